The van der Waals surface area contributed by atoms with Gasteiger partial charge in [-0.15, -0.1) is 0 Å². The van der Waals surface area contributed by atoms with Crippen LogP contribution in [0.25, 0.3) is 0 Å². The molecule has 196 valence electrons. The van der Waals surface area contributed by atoms with Crippen molar-refractivity contribution in [2.45, 2.75) is 91.0 Å². The van der Waals surface area contributed by atoms with E-state index in [2.05, 4.69) is 13.8 Å². The first kappa shape index (κ1) is 26.0. The van der Waals surface area contributed by atoms with Gasteiger partial charge < -0.3 is 23.7 Å². The first-order valence-corrected chi connectivity index (χ1v) is 13.2. The number of epoxide rings is 1. The van der Waals surface area contributed by atoms with E-state index in [0.717, 1.165) is 37.7 Å². The highest BCUT2D eigenvalue weighted by Gasteiger charge is 2.74. The van der Waals surface area contributed by atoms with Crippen LogP contribution in [0.5, 0.6) is 0 Å². The van der Waals surface area contributed by atoms with Crippen LogP contribution in [0.2, 0.25) is 0 Å². The largest absolute Gasteiger partial charge is 0.465 e. The van der Waals surface area contributed by atoms with Crippen molar-refractivity contribution in [2.24, 2.45) is 29.1 Å². The second-order valence-corrected chi connectivity index (χ2v) is 11.0. The number of ether oxygens (including phenoxy) is 5. The Labute approximate surface area is 208 Å². The molecule has 7 atom stereocenters. The Morgan fingerprint density at radius 2 is 1.80 bits per heavy atom. The van der Waals surface area contributed by atoms with Crippen LogP contribution >= 0.6 is 0 Å². The lowest BCUT2D eigenvalue weighted by Gasteiger charge is -2.40. The van der Waals surface area contributed by atoms with Crippen LogP contribution in [-0.2, 0) is 38.1 Å². The summed E-state index contributed by atoms with van der Waals surface area (Å²) in [5.74, 6) is -0.631. The first-order chi connectivity index (χ1) is 16.7. The van der Waals surface area contributed by atoms with Crippen LogP contribution in [0.1, 0.15) is 79.1 Å². The maximum atomic E-state index is 12.4. The Balaban J connectivity index is 1.48. The minimum absolute atomic E-state index is 0.0554. The van der Waals surface area contributed by atoms with Gasteiger partial charge in [-0.2, -0.15) is 0 Å². The second-order valence-electron chi connectivity index (χ2n) is 11.0. The number of carbonyl (C=O) groups is 3. The Morgan fingerprint density at radius 3 is 2.46 bits per heavy atom. The van der Waals surface area contributed by atoms with Gasteiger partial charge in [-0.1, -0.05) is 39.5 Å². The standard InChI is InChI=1S/C27H40O8/c1-5-6-7-8-9-10-21(30)33-15-26(4)20-11-12-27(16-34-27)24-22(23(20)26)19(13-31-17(2)28)14-32-25(24)35-18(3)29/h14,20,22-25H,5-13,15-16H2,1-4H3/t20-,22+,23-,24-,25+,26+,27+/m0/s1. The summed E-state index contributed by atoms with van der Waals surface area (Å²) in [6.07, 6.45) is 8.52. The molecule has 0 amide bonds. The van der Waals surface area contributed by atoms with E-state index in [1.54, 1.807) is 6.26 Å². The zero-order valence-electron chi connectivity index (χ0n) is 21.5. The normalized spacial score (nSPS) is 36.6. The lowest BCUT2D eigenvalue weighted by molar-refractivity contribution is -0.193. The van der Waals surface area contributed by atoms with Gasteiger partial charge in [-0.25, -0.2) is 0 Å². The van der Waals surface area contributed by atoms with Crippen LogP contribution in [0.15, 0.2) is 11.8 Å². The summed E-state index contributed by atoms with van der Waals surface area (Å²) in [6.45, 7) is 8.20. The molecule has 0 aromatic rings. The molecule has 2 saturated carbocycles. The zero-order chi connectivity index (χ0) is 25.2. The van der Waals surface area contributed by atoms with E-state index < -0.39 is 17.9 Å². The van der Waals surface area contributed by atoms with Crippen molar-refractivity contribution in [2.75, 3.05) is 19.8 Å². The third-order valence-electron chi connectivity index (χ3n) is 8.54. The number of carbonyl (C=O) groups excluding carboxylic acids is 3. The lowest BCUT2D eigenvalue weighted by Crippen LogP contribution is -2.47. The highest BCUT2D eigenvalue weighted by atomic mass is 16.7. The van der Waals surface area contributed by atoms with Gasteiger partial charge in [-0.05, 0) is 31.1 Å². The Hall–Kier alpha value is -2.09. The number of esters is 3. The molecule has 4 rings (SSSR count). The molecular formula is C27H40O8. The monoisotopic (exact) mass is 492 g/mol. The van der Waals surface area contributed by atoms with Crippen LogP contribution in [0.3, 0.4) is 0 Å². The maximum absolute atomic E-state index is 12.4. The Morgan fingerprint density at radius 1 is 1.06 bits per heavy atom. The molecule has 8 nitrogen and oxygen atoms in total. The van der Waals surface area contributed by atoms with Gasteiger partial charge >= 0.3 is 17.9 Å². The van der Waals surface area contributed by atoms with E-state index in [-0.39, 0.29) is 41.7 Å². The fourth-order valence-electron chi connectivity index (χ4n) is 6.58. The van der Waals surface area contributed by atoms with Crippen molar-refractivity contribution in [1.82, 2.24) is 0 Å². The molecule has 8 heteroatoms. The molecule has 0 bridgehead atoms. The van der Waals surface area contributed by atoms with Gasteiger partial charge in [0.25, 0.3) is 0 Å². The lowest BCUT2D eigenvalue weighted by atomic mass is 9.71. The molecule has 0 aromatic heterocycles. The second kappa shape index (κ2) is 10.5. The van der Waals surface area contributed by atoms with Crippen LogP contribution in [0.4, 0.5) is 0 Å². The van der Waals surface area contributed by atoms with Crippen LogP contribution in [0, 0.1) is 29.1 Å². The molecule has 2 heterocycles. The average molecular weight is 493 g/mol. The number of hydrogen-bond donors (Lipinski definition) is 0. The number of hydrogen-bond acceptors (Lipinski definition) is 8. The van der Waals surface area contributed by atoms with Gasteiger partial charge in [0.05, 0.1) is 25.4 Å². The van der Waals surface area contributed by atoms with E-state index in [9.17, 15) is 14.4 Å². The van der Waals surface area contributed by atoms with Crippen LogP contribution in [-0.4, -0.2) is 49.6 Å². The van der Waals surface area contributed by atoms with Crippen molar-refractivity contribution < 1.29 is 38.1 Å². The van der Waals surface area contributed by atoms with E-state index in [1.165, 1.54) is 26.7 Å². The number of unbranched alkanes of at least 4 members (excludes halogenated alkanes) is 4. The maximum Gasteiger partial charge on any atom is 0.305 e. The summed E-state index contributed by atoms with van der Waals surface area (Å²) >= 11 is 0. The molecule has 4 aliphatic rings. The topological polar surface area (TPSA) is 101 Å². The SMILES string of the molecule is CCCCCCCC(=O)OC[C@@]1(C)[C@@H]2[C@H]3C(COC(C)=O)=CO[C@H](OC(C)=O)[C@H]3[C@@]3(CC[C@@H]21)CO3. The van der Waals surface area contributed by atoms with E-state index >= 15 is 0 Å². The summed E-state index contributed by atoms with van der Waals surface area (Å²) < 4.78 is 28.6. The third-order valence-corrected chi connectivity index (χ3v) is 8.54. The molecule has 3 fully saturated rings. The Kier molecular flexibility index (Phi) is 7.79. The van der Waals surface area contributed by atoms with Crippen molar-refractivity contribution in [3.63, 3.8) is 0 Å². The summed E-state index contributed by atoms with van der Waals surface area (Å²) in [5, 5.41) is 0. The summed E-state index contributed by atoms with van der Waals surface area (Å²) in [4.78, 5) is 35.9. The van der Waals surface area contributed by atoms with Crippen molar-refractivity contribution in [3.05, 3.63) is 11.8 Å². The summed E-state index contributed by atoms with van der Waals surface area (Å²) in [7, 11) is 0. The van der Waals surface area contributed by atoms with E-state index in [4.69, 9.17) is 23.7 Å². The molecule has 2 aliphatic heterocycles. The molecule has 0 unspecified atom stereocenters. The number of rotatable bonds is 11. The summed E-state index contributed by atoms with van der Waals surface area (Å²) in [6, 6.07) is 0. The highest BCUT2D eigenvalue weighted by Crippen LogP contribution is 2.72. The molecule has 0 N–H and O–H groups in total. The molecule has 1 saturated heterocycles. The van der Waals surface area contributed by atoms with Crippen molar-refractivity contribution in [1.29, 1.82) is 0 Å². The molecule has 0 aromatic carbocycles. The quantitative estimate of drug-likeness (QED) is 0.182. The Bertz CT molecular complexity index is 846. The van der Waals surface area contributed by atoms with Gasteiger partial charge in [0, 0.05) is 37.2 Å². The van der Waals surface area contributed by atoms with Gasteiger partial charge in [0.15, 0.2) is 0 Å². The number of fused-ring (bicyclic) bond motifs is 4. The third kappa shape index (κ3) is 5.52. The van der Waals surface area contributed by atoms with Gasteiger partial charge in [0.2, 0.25) is 6.29 Å². The van der Waals surface area contributed by atoms with Gasteiger partial charge in [-0.3, -0.25) is 14.4 Å². The van der Waals surface area contributed by atoms with E-state index in [1.807, 2.05) is 0 Å². The molecule has 0 radical (unpaired) electrons. The average Bonchev–Trinajstić information content (AvgIpc) is 3.70. The summed E-state index contributed by atoms with van der Waals surface area (Å²) in [5.41, 5.74) is 0.278. The molecule has 35 heavy (non-hydrogen) atoms. The van der Waals surface area contributed by atoms with Crippen molar-refractivity contribution >= 4 is 17.9 Å². The predicted octanol–water partition coefficient (Wildman–Crippen LogP) is 4.30. The smallest absolute Gasteiger partial charge is 0.305 e. The van der Waals surface area contributed by atoms with Crippen molar-refractivity contribution in [3.8, 4) is 0 Å². The molecule has 2 aliphatic carbocycles. The zero-order valence-corrected chi connectivity index (χ0v) is 21.5. The molecule has 1 spiro atoms. The predicted molar refractivity (Wildman–Crippen MR) is 126 cm³/mol. The fraction of sp³-hybridized carbons (Fsp3) is 0.815. The first-order valence-electron chi connectivity index (χ1n) is 13.2. The van der Waals surface area contributed by atoms with Crippen LogP contribution < -0.4 is 0 Å². The fourth-order valence-corrected chi connectivity index (χ4v) is 6.58. The van der Waals surface area contributed by atoms with E-state index in [0.29, 0.717) is 25.6 Å². The molecular weight excluding hydrogens is 452 g/mol. The minimum atomic E-state index is -0.754. The highest BCUT2D eigenvalue weighted by molar-refractivity contribution is 5.69. The van der Waals surface area contributed by atoms with Gasteiger partial charge in [0.1, 0.15) is 12.2 Å². The minimum Gasteiger partial charge on any atom is -0.465 e.